The molecule has 2 aliphatic rings. The number of primary amides is 1. The molecule has 18 heavy (non-hydrogen) atoms. The molecule has 0 bridgehead atoms. The van der Waals surface area contributed by atoms with Crippen LogP contribution in [0.25, 0.3) is 0 Å². The van der Waals surface area contributed by atoms with Gasteiger partial charge in [0, 0.05) is 6.54 Å². The Labute approximate surface area is 110 Å². The third-order valence-corrected chi connectivity index (χ3v) is 4.58. The maximum absolute atomic E-state index is 11.3. The molecular formula is C14H26N2O2. The van der Waals surface area contributed by atoms with Crippen molar-refractivity contribution < 1.29 is 9.90 Å². The van der Waals surface area contributed by atoms with Crippen LogP contribution < -0.4 is 5.73 Å². The molecule has 1 saturated heterocycles. The Morgan fingerprint density at radius 3 is 2.83 bits per heavy atom. The molecular weight excluding hydrogens is 228 g/mol. The Kier molecular flexibility index (Phi) is 4.62. The molecule has 3 N–H and O–H groups in total. The highest BCUT2D eigenvalue weighted by Gasteiger charge is 2.34. The van der Waals surface area contributed by atoms with Crippen molar-refractivity contribution >= 4 is 5.91 Å². The van der Waals surface area contributed by atoms with E-state index in [2.05, 4.69) is 11.8 Å². The molecule has 4 atom stereocenters. The van der Waals surface area contributed by atoms with Crippen LogP contribution in [0.4, 0.5) is 0 Å². The fourth-order valence-electron chi connectivity index (χ4n) is 3.59. The number of rotatable bonds is 4. The van der Waals surface area contributed by atoms with E-state index in [0.717, 1.165) is 24.8 Å². The van der Waals surface area contributed by atoms with Crippen molar-refractivity contribution in [2.75, 3.05) is 13.1 Å². The lowest BCUT2D eigenvalue weighted by molar-refractivity contribution is -0.122. The minimum atomic E-state index is -0.382. The van der Waals surface area contributed by atoms with Crippen LogP contribution in [0.15, 0.2) is 0 Å². The average molecular weight is 254 g/mol. The summed E-state index contributed by atoms with van der Waals surface area (Å²) in [6, 6.07) is -0.249. The van der Waals surface area contributed by atoms with Crippen molar-refractivity contribution in [1.82, 2.24) is 4.90 Å². The van der Waals surface area contributed by atoms with Gasteiger partial charge in [0.05, 0.1) is 12.1 Å². The van der Waals surface area contributed by atoms with Gasteiger partial charge in [0.1, 0.15) is 0 Å². The van der Waals surface area contributed by atoms with Crippen LogP contribution in [0, 0.1) is 11.8 Å². The molecule has 1 heterocycles. The van der Waals surface area contributed by atoms with Crippen LogP contribution >= 0.6 is 0 Å². The van der Waals surface area contributed by atoms with Gasteiger partial charge in [-0.05, 0) is 37.6 Å². The minimum Gasteiger partial charge on any atom is -0.392 e. The zero-order chi connectivity index (χ0) is 13.1. The molecule has 1 aliphatic heterocycles. The van der Waals surface area contributed by atoms with Crippen LogP contribution in [0.3, 0.4) is 0 Å². The summed E-state index contributed by atoms with van der Waals surface area (Å²) in [6.07, 6.45) is 6.61. The van der Waals surface area contributed by atoms with E-state index in [1.165, 1.54) is 25.7 Å². The lowest BCUT2D eigenvalue weighted by Crippen LogP contribution is -2.41. The van der Waals surface area contributed by atoms with E-state index in [4.69, 9.17) is 5.73 Å². The van der Waals surface area contributed by atoms with Crippen molar-refractivity contribution in [3.05, 3.63) is 0 Å². The quantitative estimate of drug-likeness (QED) is 0.790. The summed E-state index contributed by atoms with van der Waals surface area (Å²) in [7, 11) is 0. The van der Waals surface area contributed by atoms with Gasteiger partial charge >= 0.3 is 0 Å². The fourth-order valence-corrected chi connectivity index (χ4v) is 3.59. The molecule has 1 amide bonds. The first-order valence-electron chi connectivity index (χ1n) is 7.27. The number of hydrogen-bond donors (Lipinski definition) is 2. The first kappa shape index (κ1) is 13.8. The second-order valence-electron chi connectivity index (χ2n) is 6.23. The van der Waals surface area contributed by atoms with Gasteiger partial charge in [-0.15, -0.1) is 0 Å². The molecule has 0 unspecified atom stereocenters. The minimum absolute atomic E-state index is 0.249. The third kappa shape index (κ3) is 3.45. The Morgan fingerprint density at radius 1 is 1.39 bits per heavy atom. The van der Waals surface area contributed by atoms with E-state index < -0.39 is 0 Å². The lowest BCUT2D eigenvalue weighted by Gasteiger charge is -2.29. The fraction of sp³-hybridized carbons (Fsp3) is 0.929. The molecule has 1 saturated carbocycles. The molecule has 4 heteroatoms. The summed E-state index contributed by atoms with van der Waals surface area (Å²) in [5.41, 5.74) is 5.39. The van der Waals surface area contributed by atoms with E-state index in [1.807, 2.05) is 0 Å². The van der Waals surface area contributed by atoms with Gasteiger partial charge in [0.25, 0.3) is 0 Å². The van der Waals surface area contributed by atoms with Crippen LogP contribution in [0.2, 0.25) is 0 Å². The van der Waals surface area contributed by atoms with Crippen LogP contribution in [-0.4, -0.2) is 41.1 Å². The molecule has 2 rings (SSSR count). The molecule has 0 radical (unpaired) electrons. The normalized spacial score (nSPS) is 37.9. The average Bonchev–Trinajstić information content (AvgIpc) is 2.68. The Morgan fingerprint density at radius 2 is 2.17 bits per heavy atom. The van der Waals surface area contributed by atoms with E-state index >= 15 is 0 Å². The monoisotopic (exact) mass is 254 g/mol. The summed E-state index contributed by atoms with van der Waals surface area (Å²) in [5.74, 6) is 1.35. The molecule has 0 spiro atoms. The van der Waals surface area contributed by atoms with Gasteiger partial charge in [-0.2, -0.15) is 0 Å². The number of amides is 1. The van der Waals surface area contributed by atoms with Gasteiger partial charge in [-0.25, -0.2) is 0 Å². The van der Waals surface area contributed by atoms with Gasteiger partial charge in [0.2, 0.25) is 5.91 Å². The van der Waals surface area contributed by atoms with Crippen LogP contribution in [0.5, 0.6) is 0 Å². The lowest BCUT2D eigenvalue weighted by atomic mass is 9.81. The van der Waals surface area contributed by atoms with Crippen molar-refractivity contribution in [2.24, 2.45) is 17.6 Å². The van der Waals surface area contributed by atoms with Gasteiger partial charge in [0.15, 0.2) is 0 Å². The highest BCUT2D eigenvalue weighted by atomic mass is 16.3. The molecule has 2 fully saturated rings. The van der Waals surface area contributed by atoms with Crippen molar-refractivity contribution in [3.63, 3.8) is 0 Å². The smallest absolute Gasteiger partial charge is 0.234 e. The number of carbonyl (C=O) groups is 1. The zero-order valence-electron chi connectivity index (χ0n) is 11.3. The van der Waals surface area contributed by atoms with Crippen molar-refractivity contribution in [2.45, 2.75) is 57.6 Å². The van der Waals surface area contributed by atoms with Gasteiger partial charge < -0.3 is 10.8 Å². The summed E-state index contributed by atoms with van der Waals surface area (Å²) >= 11 is 0. The summed E-state index contributed by atoms with van der Waals surface area (Å²) < 4.78 is 0. The highest BCUT2D eigenvalue weighted by molar-refractivity contribution is 5.80. The SMILES string of the molecule is C[C@@H]1CCC[C@H](CCN2C[C@H](O)C[C@@H]2C(N)=O)C1. The molecule has 1 aliphatic carbocycles. The Hall–Kier alpha value is -0.610. The van der Waals surface area contributed by atoms with Gasteiger partial charge in [-0.1, -0.05) is 26.2 Å². The summed E-state index contributed by atoms with van der Waals surface area (Å²) in [5, 5.41) is 9.65. The molecule has 104 valence electrons. The zero-order valence-corrected chi connectivity index (χ0v) is 11.3. The maximum Gasteiger partial charge on any atom is 0.234 e. The van der Waals surface area contributed by atoms with E-state index in [-0.39, 0.29) is 18.1 Å². The second kappa shape index (κ2) is 6.02. The predicted octanol–water partition coefficient (Wildman–Crippen LogP) is 1.12. The first-order valence-corrected chi connectivity index (χ1v) is 7.27. The van der Waals surface area contributed by atoms with E-state index in [1.54, 1.807) is 0 Å². The highest BCUT2D eigenvalue weighted by Crippen LogP contribution is 2.31. The molecule has 4 nitrogen and oxygen atoms in total. The molecule has 0 aromatic rings. The van der Waals surface area contributed by atoms with Crippen LogP contribution in [0.1, 0.15) is 45.4 Å². The van der Waals surface area contributed by atoms with E-state index in [0.29, 0.717) is 13.0 Å². The topological polar surface area (TPSA) is 66.6 Å². The number of aliphatic hydroxyl groups is 1. The summed E-state index contributed by atoms with van der Waals surface area (Å²) in [4.78, 5) is 13.4. The number of nitrogens with two attached hydrogens (primary N) is 1. The summed E-state index contributed by atoms with van der Waals surface area (Å²) in [6.45, 7) is 3.84. The molecule has 0 aromatic heterocycles. The number of aliphatic hydroxyl groups excluding tert-OH is 1. The van der Waals surface area contributed by atoms with Crippen molar-refractivity contribution in [1.29, 1.82) is 0 Å². The number of β-amino-alcohol motifs (C(OH)–C–C–N with tert-alkyl or cyclic N) is 1. The number of nitrogens with zero attached hydrogens (tertiary/aromatic N) is 1. The standard InChI is InChI=1S/C14H26N2O2/c1-10-3-2-4-11(7-10)5-6-16-9-12(17)8-13(16)14(15)18/h10-13,17H,2-9H2,1H3,(H2,15,18)/t10-,11-,12-,13-/m1/s1. The van der Waals surface area contributed by atoms with E-state index in [9.17, 15) is 9.90 Å². The number of carbonyl (C=O) groups excluding carboxylic acids is 1. The first-order chi connectivity index (χ1) is 8.56. The Bertz CT molecular complexity index is 296. The number of hydrogen-bond acceptors (Lipinski definition) is 3. The second-order valence-corrected chi connectivity index (χ2v) is 6.23. The van der Waals surface area contributed by atoms with Gasteiger partial charge in [-0.3, -0.25) is 9.69 Å². The maximum atomic E-state index is 11.3. The molecule has 0 aromatic carbocycles. The number of likely N-dealkylation sites (tertiary alicyclic amines) is 1. The predicted molar refractivity (Wildman–Crippen MR) is 70.9 cm³/mol. The Balaban J connectivity index is 1.80. The van der Waals surface area contributed by atoms with Crippen molar-refractivity contribution in [3.8, 4) is 0 Å². The van der Waals surface area contributed by atoms with Crippen LogP contribution in [-0.2, 0) is 4.79 Å². The largest absolute Gasteiger partial charge is 0.392 e. The third-order valence-electron chi connectivity index (χ3n) is 4.58.